The summed E-state index contributed by atoms with van der Waals surface area (Å²) in [5.41, 5.74) is 3.23. The van der Waals surface area contributed by atoms with Gasteiger partial charge >= 0.3 is 18.3 Å². The Balaban J connectivity index is 4.85. The van der Waals surface area contributed by atoms with Gasteiger partial charge in [-0.3, -0.25) is 4.79 Å². The molecule has 3 N–H and O–H groups in total. The Kier molecular flexibility index (Phi) is 5.23. The van der Waals surface area contributed by atoms with Crippen molar-refractivity contribution in [3.8, 4) is 0 Å². The number of alkyl halides is 6. The summed E-state index contributed by atoms with van der Waals surface area (Å²) in [6, 6.07) is 0. The Hall–Kier alpha value is -1.03. The van der Waals surface area contributed by atoms with Crippen molar-refractivity contribution >= 4 is 5.97 Å². The Morgan fingerprint density at radius 2 is 1.58 bits per heavy atom. The lowest BCUT2D eigenvalue weighted by Gasteiger charge is -2.29. The van der Waals surface area contributed by atoms with Crippen molar-refractivity contribution in [3.63, 3.8) is 0 Å². The Bertz CT molecular complexity index is 311. The summed E-state index contributed by atoms with van der Waals surface area (Å²) >= 11 is 0. The molecule has 4 nitrogen and oxygen atoms in total. The largest absolute Gasteiger partial charge is 0.480 e. The topological polar surface area (TPSA) is 72.6 Å². The second kappa shape index (κ2) is 5.53. The van der Waals surface area contributed by atoms with Crippen LogP contribution in [-0.4, -0.2) is 41.2 Å². The maximum absolute atomic E-state index is 12.2. The van der Waals surface area contributed by atoms with Crippen molar-refractivity contribution in [2.45, 2.75) is 50.4 Å². The zero-order valence-electron chi connectivity index (χ0n) is 9.97. The number of nitrogens with two attached hydrogens (primary N) is 1. The van der Waals surface area contributed by atoms with E-state index in [0.29, 0.717) is 0 Å². The molecule has 0 aliphatic carbocycles. The molecule has 114 valence electrons. The molecule has 19 heavy (non-hydrogen) atoms. The van der Waals surface area contributed by atoms with E-state index in [9.17, 15) is 31.1 Å². The molecule has 10 heteroatoms. The van der Waals surface area contributed by atoms with E-state index in [0.717, 1.165) is 13.8 Å². The molecule has 0 radical (unpaired) electrons. The predicted molar refractivity (Wildman–Crippen MR) is 51.3 cm³/mol. The molecule has 0 bridgehead atoms. The van der Waals surface area contributed by atoms with Gasteiger partial charge in [0.1, 0.15) is 5.54 Å². The molecule has 0 saturated heterocycles. The molecule has 2 atom stereocenters. The highest BCUT2D eigenvalue weighted by molar-refractivity contribution is 5.77. The van der Waals surface area contributed by atoms with Gasteiger partial charge in [-0.15, -0.1) is 0 Å². The molecule has 0 aliphatic rings. The highest BCUT2D eigenvalue weighted by Gasteiger charge is 2.58. The van der Waals surface area contributed by atoms with Crippen molar-refractivity contribution in [2.24, 2.45) is 5.73 Å². The number of hydrogen-bond acceptors (Lipinski definition) is 3. The molecule has 0 fully saturated rings. The van der Waals surface area contributed by atoms with Crippen LogP contribution >= 0.6 is 0 Å². The summed E-state index contributed by atoms with van der Waals surface area (Å²) in [6.07, 6.45) is -17.6. The number of aliphatic carboxylic acids is 1. The van der Waals surface area contributed by atoms with Gasteiger partial charge < -0.3 is 15.6 Å². The lowest BCUT2D eigenvalue weighted by molar-refractivity contribution is -0.330. The van der Waals surface area contributed by atoms with Crippen molar-refractivity contribution in [1.29, 1.82) is 0 Å². The summed E-state index contributed by atoms with van der Waals surface area (Å²) in [7, 11) is 0. The molecular formula is C9H13F6NO3. The molecule has 0 heterocycles. The zero-order chi connectivity index (χ0) is 15.6. The molecule has 0 aromatic carbocycles. The summed E-state index contributed by atoms with van der Waals surface area (Å²) in [4.78, 5) is 10.6. The van der Waals surface area contributed by atoms with Crippen LogP contribution in [0.4, 0.5) is 26.3 Å². The predicted octanol–water partition coefficient (Wildman–Crippen LogP) is 2.08. The van der Waals surface area contributed by atoms with Crippen LogP contribution < -0.4 is 5.73 Å². The van der Waals surface area contributed by atoms with Crippen molar-refractivity contribution in [3.05, 3.63) is 0 Å². The second-order valence-corrected chi connectivity index (χ2v) is 4.34. The van der Waals surface area contributed by atoms with Crippen LogP contribution in [0.3, 0.4) is 0 Å². The van der Waals surface area contributed by atoms with Crippen LogP contribution in [0.25, 0.3) is 0 Å². The van der Waals surface area contributed by atoms with Gasteiger partial charge in [0.05, 0.1) is 6.10 Å². The van der Waals surface area contributed by atoms with E-state index in [1.165, 1.54) is 0 Å². The van der Waals surface area contributed by atoms with Crippen LogP contribution in [0.15, 0.2) is 0 Å². The number of ether oxygens (including phenoxy) is 1. The van der Waals surface area contributed by atoms with E-state index in [1.807, 2.05) is 0 Å². The van der Waals surface area contributed by atoms with Gasteiger partial charge in [-0.1, -0.05) is 0 Å². The maximum Gasteiger partial charge on any atom is 0.423 e. The highest BCUT2D eigenvalue weighted by Crippen LogP contribution is 2.36. The minimum atomic E-state index is -5.64. The standard InChI is InChI=1S/C9H13F6NO3/c1-4(3-7(2,16)6(17)18)19-5(8(10,11)12)9(13,14)15/h4-5H,3,16H2,1-2H3,(H,17,18). The van der Waals surface area contributed by atoms with E-state index in [4.69, 9.17) is 10.8 Å². The second-order valence-electron chi connectivity index (χ2n) is 4.34. The van der Waals surface area contributed by atoms with E-state index in [1.54, 1.807) is 0 Å². The first kappa shape index (κ1) is 18.0. The van der Waals surface area contributed by atoms with Crippen molar-refractivity contribution in [1.82, 2.24) is 0 Å². The molecule has 0 aromatic rings. The number of carboxylic acids is 1. The minimum absolute atomic E-state index is 0.703. The quantitative estimate of drug-likeness (QED) is 0.762. The van der Waals surface area contributed by atoms with Crippen LogP contribution in [0.5, 0.6) is 0 Å². The number of halogens is 6. The van der Waals surface area contributed by atoms with E-state index in [-0.39, 0.29) is 0 Å². The number of carbonyl (C=O) groups is 1. The van der Waals surface area contributed by atoms with Crippen LogP contribution in [0.1, 0.15) is 20.3 Å². The van der Waals surface area contributed by atoms with Gasteiger partial charge in [0.15, 0.2) is 0 Å². The van der Waals surface area contributed by atoms with E-state index >= 15 is 0 Å². The molecule has 0 rings (SSSR count). The molecule has 2 unspecified atom stereocenters. The third-order valence-electron chi connectivity index (χ3n) is 2.16. The maximum atomic E-state index is 12.2. The third-order valence-corrected chi connectivity index (χ3v) is 2.16. The molecule has 0 spiro atoms. The van der Waals surface area contributed by atoms with E-state index in [2.05, 4.69) is 4.74 Å². The van der Waals surface area contributed by atoms with Crippen molar-refractivity contribution in [2.75, 3.05) is 0 Å². The minimum Gasteiger partial charge on any atom is -0.480 e. The molecule has 0 saturated carbocycles. The lowest BCUT2D eigenvalue weighted by atomic mass is 9.96. The molecule has 0 aromatic heterocycles. The fraction of sp³-hybridized carbons (Fsp3) is 0.889. The first-order valence-electron chi connectivity index (χ1n) is 4.99. The first-order chi connectivity index (χ1) is 8.18. The van der Waals surface area contributed by atoms with Crippen molar-refractivity contribution < 1.29 is 41.0 Å². The fourth-order valence-electron chi connectivity index (χ4n) is 1.30. The molecular weight excluding hydrogens is 284 g/mol. The first-order valence-corrected chi connectivity index (χ1v) is 4.99. The summed E-state index contributed by atoms with van der Waals surface area (Å²) in [5.74, 6) is -1.56. The normalized spacial score (nSPS) is 18.2. The Morgan fingerprint density at radius 1 is 1.21 bits per heavy atom. The highest BCUT2D eigenvalue weighted by atomic mass is 19.4. The van der Waals surface area contributed by atoms with Gasteiger partial charge in [-0.2, -0.15) is 26.3 Å². The van der Waals surface area contributed by atoms with Crippen LogP contribution in [0, 0.1) is 0 Å². The van der Waals surface area contributed by atoms with Gasteiger partial charge in [0.25, 0.3) is 0 Å². The summed E-state index contributed by atoms with van der Waals surface area (Å²) < 4.78 is 76.9. The Morgan fingerprint density at radius 3 is 1.84 bits per heavy atom. The number of rotatable bonds is 5. The zero-order valence-corrected chi connectivity index (χ0v) is 9.97. The fourth-order valence-corrected chi connectivity index (χ4v) is 1.30. The Labute approximate surface area is 104 Å². The molecule has 0 amide bonds. The smallest absolute Gasteiger partial charge is 0.423 e. The summed E-state index contributed by atoms with van der Waals surface area (Å²) in [6.45, 7) is 1.85. The summed E-state index contributed by atoms with van der Waals surface area (Å²) in [5, 5.41) is 8.62. The third kappa shape index (κ3) is 5.64. The van der Waals surface area contributed by atoms with Crippen LogP contribution in [0.2, 0.25) is 0 Å². The number of hydrogen-bond donors (Lipinski definition) is 2. The number of carboxylic acid groups (broad SMARTS) is 1. The van der Waals surface area contributed by atoms with Gasteiger partial charge in [0, 0.05) is 6.42 Å². The van der Waals surface area contributed by atoms with Gasteiger partial charge in [-0.25, -0.2) is 0 Å². The SMILES string of the molecule is CC(CC(C)(N)C(=O)O)OC(C(F)(F)F)C(F)(F)F. The molecule has 0 aliphatic heterocycles. The average molecular weight is 297 g/mol. The van der Waals surface area contributed by atoms with Gasteiger partial charge in [-0.05, 0) is 13.8 Å². The van der Waals surface area contributed by atoms with E-state index < -0.39 is 42.5 Å². The van der Waals surface area contributed by atoms with Crippen LogP contribution in [-0.2, 0) is 9.53 Å². The lowest BCUT2D eigenvalue weighted by Crippen LogP contribution is -2.50. The monoisotopic (exact) mass is 297 g/mol. The van der Waals surface area contributed by atoms with Gasteiger partial charge in [0.2, 0.25) is 6.10 Å². The average Bonchev–Trinajstić information content (AvgIpc) is 2.09.